The fourth-order valence-electron chi connectivity index (χ4n) is 2.30. The van der Waals surface area contributed by atoms with Gasteiger partial charge in [-0.25, -0.2) is 4.98 Å². The van der Waals surface area contributed by atoms with Crippen LogP contribution in [0.15, 0.2) is 6.07 Å². The lowest BCUT2D eigenvalue weighted by Gasteiger charge is -2.29. The minimum absolute atomic E-state index is 0.430. The molecule has 1 fully saturated rings. The number of aromatic nitrogens is 1. The highest BCUT2D eigenvalue weighted by Crippen LogP contribution is 2.32. The summed E-state index contributed by atoms with van der Waals surface area (Å²) in [6.45, 7) is 4.19. The van der Waals surface area contributed by atoms with Crippen molar-refractivity contribution in [1.82, 2.24) is 4.98 Å². The highest BCUT2D eigenvalue weighted by Gasteiger charge is 2.20. The number of hydrogen-bond acceptors (Lipinski definition) is 2. The van der Waals surface area contributed by atoms with Gasteiger partial charge in [-0.3, -0.25) is 0 Å². The molecule has 0 bridgehead atoms. The summed E-state index contributed by atoms with van der Waals surface area (Å²) < 4.78 is 0. The van der Waals surface area contributed by atoms with Gasteiger partial charge in [-0.15, -0.1) is 0 Å². The summed E-state index contributed by atoms with van der Waals surface area (Å²) >= 11 is 12.0. The topological polar surface area (TPSA) is 24.9 Å². The number of nitrogens with one attached hydrogen (secondary N) is 1. The van der Waals surface area contributed by atoms with Crippen molar-refractivity contribution in [2.75, 3.05) is 5.32 Å². The fourth-order valence-corrected chi connectivity index (χ4v) is 2.89. The zero-order valence-electron chi connectivity index (χ0n) is 10.3. The average Bonchev–Trinajstić information content (AvgIpc) is 2.17. The zero-order chi connectivity index (χ0) is 12.4. The van der Waals surface area contributed by atoms with Gasteiger partial charge in [-0.2, -0.15) is 0 Å². The summed E-state index contributed by atoms with van der Waals surface area (Å²) in [7, 11) is 0. The van der Waals surface area contributed by atoms with Gasteiger partial charge in [0.25, 0.3) is 0 Å². The molecule has 0 saturated heterocycles. The summed E-state index contributed by atoms with van der Waals surface area (Å²) in [6, 6.07) is 2.27. The van der Waals surface area contributed by atoms with Gasteiger partial charge >= 0.3 is 0 Å². The summed E-state index contributed by atoms with van der Waals surface area (Å²) in [5.41, 5.74) is 1.97. The Balaban J connectivity index is 2.01. The number of nitrogens with zero attached hydrogens (tertiary/aromatic N) is 1. The van der Waals surface area contributed by atoms with Gasteiger partial charge in [0.1, 0.15) is 5.15 Å². The van der Waals surface area contributed by atoms with E-state index >= 15 is 0 Å². The molecule has 0 aromatic carbocycles. The van der Waals surface area contributed by atoms with Crippen molar-refractivity contribution in [3.8, 4) is 0 Å². The number of hydrogen-bond donors (Lipinski definition) is 1. The van der Waals surface area contributed by atoms with Gasteiger partial charge in [0.05, 0.1) is 5.69 Å². The average molecular weight is 273 g/mol. The van der Waals surface area contributed by atoms with Crippen molar-refractivity contribution in [1.29, 1.82) is 0 Å². The van der Waals surface area contributed by atoms with Crippen LogP contribution in [0, 0.1) is 12.8 Å². The normalized spacial score (nSPS) is 17.6. The highest BCUT2D eigenvalue weighted by atomic mass is 35.5. The second-order valence-corrected chi connectivity index (χ2v) is 5.75. The van der Waals surface area contributed by atoms with Gasteiger partial charge < -0.3 is 5.32 Å². The maximum atomic E-state index is 6.11. The van der Waals surface area contributed by atoms with E-state index in [0.29, 0.717) is 16.3 Å². The van der Waals surface area contributed by atoms with Crippen LogP contribution in [0.1, 0.15) is 38.2 Å². The lowest BCUT2D eigenvalue weighted by molar-refractivity contribution is 0.286. The Morgan fingerprint density at radius 1 is 1.47 bits per heavy atom. The molecule has 0 aliphatic heterocycles. The Labute approximate surface area is 113 Å². The highest BCUT2D eigenvalue weighted by molar-refractivity contribution is 6.34. The standard InChI is InChI=1S/C13H18Cl2N2/c1-8-6-11(14)17-13(15)12(8)16-9(2)7-10-4-3-5-10/h6,9-10,16H,3-5,7H2,1-2H3. The van der Waals surface area contributed by atoms with Crippen molar-refractivity contribution in [3.05, 3.63) is 21.9 Å². The fraction of sp³-hybridized carbons (Fsp3) is 0.615. The Hall–Kier alpha value is -0.470. The Kier molecular flexibility index (Phi) is 4.16. The molecule has 94 valence electrons. The van der Waals surface area contributed by atoms with Gasteiger partial charge in [0.15, 0.2) is 5.15 Å². The van der Waals surface area contributed by atoms with Crippen molar-refractivity contribution in [2.24, 2.45) is 5.92 Å². The van der Waals surface area contributed by atoms with E-state index in [2.05, 4.69) is 17.2 Å². The van der Waals surface area contributed by atoms with Gasteiger partial charge in [-0.05, 0) is 37.8 Å². The molecule has 4 heteroatoms. The van der Waals surface area contributed by atoms with E-state index in [0.717, 1.165) is 17.2 Å². The smallest absolute Gasteiger partial charge is 0.154 e. The second kappa shape index (κ2) is 5.45. The number of anilines is 1. The first-order chi connectivity index (χ1) is 8.06. The number of halogens is 2. The first kappa shape index (κ1) is 13.0. The minimum atomic E-state index is 0.430. The summed E-state index contributed by atoms with van der Waals surface area (Å²) in [4.78, 5) is 4.07. The first-order valence-corrected chi connectivity index (χ1v) is 6.91. The third kappa shape index (κ3) is 3.26. The largest absolute Gasteiger partial charge is 0.380 e. The SMILES string of the molecule is Cc1cc(Cl)nc(Cl)c1NC(C)CC1CCC1. The molecule has 1 aromatic heterocycles. The number of pyridine rings is 1. The van der Waals surface area contributed by atoms with E-state index in [1.54, 1.807) is 0 Å². The Bertz CT molecular complexity index is 379. The Morgan fingerprint density at radius 3 is 2.71 bits per heavy atom. The van der Waals surface area contributed by atoms with Crippen LogP contribution in [0.4, 0.5) is 5.69 Å². The van der Waals surface area contributed by atoms with Gasteiger partial charge in [-0.1, -0.05) is 42.5 Å². The van der Waals surface area contributed by atoms with Crippen LogP contribution in [0.5, 0.6) is 0 Å². The van der Waals surface area contributed by atoms with Crippen molar-refractivity contribution in [2.45, 2.75) is 45.6 Å². The molecule has 1 aliphatic carbocycles. The van der Waals surface area contributed by atoms with E-state index in [1.807, 2.05) is 13.0 Å². The van der Waals surface area contributed by atoms with E-state index in [4.69, 9.17) is 23.2 Å². The van der Waals surface area contributed by atoms with E-state index in [1.165, 1.54) is 25.7 Å². The molecule has 1 saturated carbocycles. The minimum Gasteiger partial charge on any atom is -0.380 e. The summed E-state index contributed by atoms with van der Waals surface area (Å²) in [6.07, 6.45) is 5.34. The molecule has 0 amide bonds. The molecule has 1 aliphatic rings. The summed E-state index contributed by atoms with van der Waals surface area (Å²) in [5.74, 6) is 0.886. The first-order valence-electron chi connectivity index (χ1n) is 6.15. The molecular weight excluding hydrogens is 255 g/mol. The molecule has 1 N–H and O–H groups in total. The molecule has 0 radical (unpaired) electrons. The molecule has 2 rings (SSSR count). The van der Waals surface area contributed by atoms with E-state index in [-0.39, 0.29) is 0 Å². The van der Waals surface area contributed by atoms with Crippen LogP contribution in [0.3, 0.4) is 0 Å². The maximum absolute atomic E-state index is 6.11. The monoisotopic (exact) mass is 272 g/mol. The maximum Gasteiger partial charge on any atom is 0.154 e. The van der Waals surface area contributed by atoms with Gasteiger partial charge in [0.2, 0.25) is 0 Å². The van der Waals surface area contributed by atoms with Crippen LogP contribution in [0.2, 0.25) is 10.3 Å². The van der Waals surface area contributed by atoms with Crippen LogP contribution < -0.4 is 5.32 Å². The number of rotatable bonds is 4. The summed E-state index contributed by atoms with van der Waals surface area (Å²) in [5, 5.41) is 4.37. The molecule has 1 atom stereocenters. The predicted octanol–water partition coefficient (Wildman–Crippen LogP) is 4.69. The quantitative estimate of drug-likeness (QED) is 0.805. The molecule has 1 heterocycles. The van der Waals surface area contributed by atoms with E-state index in [9.17, 15) is 0 Å². The molecule has 1 aromatic rings. The van der Waals surface area contributed by atoms with Gasteiger partial charge in [0, 0.05) is 6.04 Å². The third-order valence-electron chi connectivity index (χ3n) is 3.44. The molecule has 2 nitrogen and oxygen atoms in total. The van der Waals surface area contributed by atoms with Crippen LogP contribution in [0.25, 0.3) is 0 Å². The number of aryl methyl sites for hydroxylation is 1. The lowest BCUT2D eigenvalue weighted by atomic mass is 9.81. The molecule has 1 unspecified atom stereocenters. The lowest BCUT2D eigenvalue weighted by Crippen LogP contribution is -2.23. The van der Waals surface area contributed by atoms with Crippen molar-refractivity contribution >= 4 is 28.9 Å². The van der Waals surface area contributed by atoms with Crippen LogP contribution >= 0.6 is 23.2 Å². The Morgan fingerprint density at radius 2 is 2.18 bits per heavy atom. The molecular formula is C13H18Cl2N2. The third-order valence-corrected chi connectivity index (χ3v) is 3.91. The zero-order valence-corrected chi connectivity index (χ0v) is 11.8. The predicted molar refractivity (Wildman–Crippen MR) is 74.0 cm³/mol. The molecule has 0 spiro atoms. The van der Waals surface area contributed by atoms with Crippen LogP contribution in [-0.2, 0) is 0 Å². The van der Waals surface area contributed by atoms with Crippen molar-refractivity contribution < 1.29 is 0 Å². The second-order valence-electron chi connectivity index (χ2n) is 5.01. The van der Waals surface area contributed by atoms with Crippen molar-refractivity contribution in [3.63, 3.8) is 0 Å². The van der Waals surface area contributed by atoms with E-state index < -0.39 is 0 Å². The van der Waals surface area contributed by atoms with Crippen LogP contribution in [-0.4, -0.2) is 11.0 Å². The molecule has 17 heavy (non-hydrogen) atoms.